The second-order valence-electron chi connectivity index (χ2n) is 6.02. The van der Waals surface area contributed by atoms with Crippen molar-refractivity contribution in [2.75, 3.05) is 32.3 Å². The van der Waals surface area contributed by atoms with Gasteiger partial charge in [-0.3, -0.25) is 4.79 Å². The average Bonchev–Trinajstić information content (AvgIpc) is 2.69. The van der Waals surface area contributed by atoms with E-state index in [-0.39, 0.29) is 18.4 Å². The Morgan fingerprint density at radius 1 is 1.14 bits per heavy atom. The van der Waals surface area contributed by atoms with Gasteiger partial charge in [-0.2, -0.15) is 0 Å². The fourth-order valence-electron chi connectivity index (χ4n) is 2.48. The van der Waals surface area contributed by atoms with E-state index in [0.29, 0.717) is 29.5 Å². The summed E-state index contributed by atoms with van der Waals surface area (Å²) < 4.78 is 10.6. The van der Waals surface area contributed by atoms with Crippen LogP contribution in [0.4, 0.5) is 10.5 Å². The third-order valence-corrected chi connectivity index (χ3v) is 5.06. The van der Waals surface area contributed by atoms with Crippen molar-refractivity contribution in [3.05, 3.63) is 48.0 Å². The molecule has 0 bridgehead atoms. The van der Waals surface area contributed by atoms with E-state index in [2.05, 4.69) is 5.32 Å². The second-order valence-corrected chi connectivity index (χ2v) is 7.16. The molecule has 2 aromatic carbocycles. The van der Waals surface area contributed by atoms with E-state index in [1.807, 2.05) is 36.4 Å². The molecule has 0 saturated carbocycles. The number of hydrogen-bond donors (Lipinski definition) is 2. The number of carbonyl (C=O) groups is 2. The third-order valence-electron chi connectivity index (χ3n) is 3.98. The molecule has 0 saturated heterocycles. The number of primary amides is 1. The van der Waals surface area contributed by atoms with Crippen molar-refractivity contribution in [2.24, 2.45) is 5.73 Å². The number of nitrogens with zero attached hydrogens (tertiary/aromatic N) is 1. The standard InChI is InChI=1S/C20H25N3O4S/c1-23(13-14-8-9-15(26-2)12-17(14)27-3)20(25)22-16-6-4-5-7-18(16)28-11-10-19(21)24/h4-9,12H,10-11,13H2,1-3H3,(H2,21,24)(H,22,25). The lowest BCUT2D eigenvalue weighted by atomic mass is 10.2. The van der Waals surface area contributed by atoms with Crippen molar-refractivity contribution in [1.29, 1.82) is 0 Å². The van der Waals surface area contributed by atoms with E-state index in [4.69, 9.17) is 15.2 Å². The molecule has 3 N–H and O–H groups in total. The van der Waals surface area contributed by atoms with Crippen molar-refractivity contribution < 1.29 is 19.1 Å². The zero-order chi connectivity index (χ0) is 20.5. The number of urea groups is 1. The highest BCUT2D eigenvalue weighted by Gasteiger charge is 2.14. The van der Waals surface area contributed by atoms with Crippen molar-refractivity contribution in [3.63, 3.8) is 0 Å². The Labute approximate surface area is 169 Å². The molecular formula is C20H25N3O4S. The first-order valence-corrected chi connectivity index (χ1v) is 9.66. The van der Waals surface area contributed by atoms with Crippen LogP contribution in [0.25, 0.3) is 0 Å². The molecule has 2 rings (SSSR count). The number of nitrogens with two attached hydrogens (primary N) is 1. The topological polar surface area (TPSA) is 93.9 Å². The smallest absolute Gasteiger partial charge is 0.321 e. The number of benzene rings is 2. The van der Waals surface area contributed by atoms with Gasteiger partial charge in [0, 0.05) is 35.7 Å². The van der Waals surface area contributed by atoms with Gasteiger partial charge in [0.05, 0.1) is 26.5 Å². The molecule has 0 aromatic heterocycles. The molecule has 0 atom stereocenters. The van der Waals surface area contributed by atoms with E-state index in [0.717, 1.165) is 10.5 Å². The fourth-order valence-corrected chi connectivity index (χ4v) is 3.45. The van der Waals surface area contributed by atoms with Crippen molar-refractivity contribution >= 4 is 29.4 Å². The third kappa shape index (κ3) is 6.09. The first-order valence-electron chi connectivity index (χ1n) is 8.67. The van der Waals surface area contributed by atoms with E-state index >= 15 is 0 Å². The SMILES string of the molecule is COc1ccc(CN(C)C(=O)Nc2ccccc2SCCC(N)=O)c(OC)c1. The van der Waals surface area contributed by atoms with Crippen LogP contribution in [0.1, 0.15) is 12.0 Å². The Balaban J connectivity index is 2.04. The van der Waals surface area contributed by atoms with Crippen LogP contribution < -0.4 is 20.5 Å². The fraction of sp³-hybridized carbons (Fsp3) is 0.300. The molecule has 0 aliphatic heterocycles. The molecule has 28 heavy (non-hydrogen) atoms. The largest absolute Gasteiger partial charge is 0.497 e. The van der Waals surface area contributed by atoms with Gasteiger partial charge in [0.1, 0.15) is 11.5 Å². The Kier molecular flexibility index (Phi) is 8.01. The molecule has 3 amide bonds. The first kappa shape index (κ1) is 21.4. The summed E-state index contributed by atoms with van der Waals surface area (Å²) in [5.41, 5.74) is 6.74. The Hall–Kier alpha value is -2.87. The summed E-state index contributed by atoms with van der Waals surface area (Å²) in [6.45, 7) is 0.371. The van der Waals surface area contributed by atoms with Gasteiger partial charge in [0.15, 0.2) is 0 Å². The number of rotatable bonds is 9. The predicted octanol–water partition coefficient (Wildman–Crippen LogP) is 3.34. The van der Waals surface area contributed by atoms with Crippen LogP contribution in [0, 0.1) is 0 Å². The summed E-state index contributed by atoms with van der Waals surface area (Å²) in [5, 5.41) is 2.91. The highest BCUT2D eigenvalue weighted by atomic mass is 32.2. The lowest BCUT2D eigenvalue weighted by Crippen LogP contribution is -2.31. The van der Waals surface area contributed by atoms with E-state index < -0.39 is 0 Å². The minimum Gasteiger partial charge on any atom is -0.497 e. The molecule has 0 aliphatic carbocycles. The average molecular weight is 404 g/mol. The van der Waals surface area contributed by atoms with Crippen LogP contribution in [0.5, 0.6) is 11.5 Å². The number of methoxy groups -OCH3 is 2. The number of hydrogen-bond acceptors (Lipinski definition) is 5. The van der Waals surface area contributed by atoms with Crippen LogP contribution in [-0.2, 0) is 11.3 Å². The molecule has 0 spiro atoms. The summed E-state index contributed by atoms with van der Waals surface area (Å²) in [4.78, 5) is 26.0. The monoisotopic (exact) mass is 403 g/mol. The maximum absolute atomic E-state index is 12.6. The molecule has 7 nitrogen and oxygen atoms in total. The summed E-state index contributed by atoms with van der Waals surface area (Å²) in [6, 6.07) is 12.7. The Morgan fingerprint density at radius 3 is 2.57 bits per heavy atom. The zero-order valence-electron chi connectivity index (χ0n) is 16.2. The highest BCUT2D eigenvalue weighted by molar-refractivity contribution is 7.99. The van der Waals surface area contributed by atoms with Crippen LogP contribution in [0.15, 0.2) is 47.4 Å². The summed E-state index contributed by atoms with van der Waals surface area (Å²) >= 11 is 1.48. The van der Waals surface area contributed by atoms with Gasteiger partial charge in [-0.1, -0.05) is 12.1 Å². The molecule has 0 radical (unpaired) electrons. The summed E-state index contributed by atoms with van der Waals surface area (Å²) in [5.74, 6) is 1.55. The van der Waals surface area contributed by atoms with Gasteiger partial charge < -0.3 is 25.4 Å². The normalized spacial score (nSPS) is 10.2. The van der Waals surface area contributed by atoms with Crippen molar-refractivity contribution in [1.82, 2.24) is 4.90 Å². The molecule has 150 valence electrons. The Morgan fingerprint density at radius 2 is 1.89 bits per heavy atom. The van der Waals surface area contributed by atoms with Gasteiger partial charge in [0.25, 0.3) is 0 Å². The lowest BCUT2D eigenvalue weighted by Gasteiger charge is -2.20. The van der Waals surface area contributed by atoms with Gasteiger partial charge in [-0.25, -0.2) is 4.79 Å². The highest BCUT2D eigenvalue weighted by Crippen LogP contribution is 2.28. The number of carbonyl (C=O) groups excluding carboxylic acids is 2. The van der Waals surface area contributed by atoms with Crippen LogP contribution in [-0.4, -0.2) is 43.9 Å². The maximum atomic E-state index is 12.6. The lowest BCUT2D eigenvalue weighted by molar-refractivity contribution is -0.117. The predicted molar refractivity (Wildman–Crippen MR) is 111 cm³/mol. The van der Waals surface area contributed by atoms with Crippen molar-refractivity contribution in [3.8, 4) is 11.5 Å². The first-order chi connectivity index (χ1) is 13.4. The molecule has 0 aliphatic rings. The molecule has 0 fully saturated rings. The number of thioether (sulfide) groups is 1. The van der Waals surface area contributed by atoms with Crippen LogP contribution in [0.3, 0.4) is 0 Å². The van der Waals surface area contributed by atoms with Gasteiger partial charge in [-0.05, 0) is 24.3 Å². The number of ether oxygens (including phenoxy) is 2. The molecular weight excluding hydrogens is 378 g/mol. The summed E-state index contributed by atoms with van der Waals surface area (Å²) in [7, 11) is 4.88. The number of para-hydroxylation sites is 1. The van der Waals surface area contributed by atoms with Crippen LogP contribution >= 0.6 is 11.8 Å². The van der Waals surface area contributed by atoms with Crippen LogP contribution in [0.2, 0.25) is 0 Å². The van der Waals surface area contributed by atoms with Crippen molar-refractivity contribution in [2.45, 2.75) is 17.9 Å². The number of nitrogens with one attached hydrogen (secondary N) is 1. The number of anilines is 1. The second kappa shape index (κ2) is 10.5. The molecule has 0 unspecified atom stereocenters. The van der Waals surface area contributed by atoms with E-state index in [1.165, 1.54) is 11.8 Å². The summed E-state index contributed by atoms with van der Waals surface area (Å²) in [6.07, 6.45) is 0.282. The maximum Gasteiger partial charge on any atom is 0.321 e. The van der Waals surface area contributed by atoms with E-state index in [9.17, 15) is 9.59 Å². The number of amides is 3. The molecule has 0 heterocycles. The zero-order valence-corrected chi connectivity index (χ0v) is 17.0. The molecule has 2 aromatic rings. The van der Waals surface area contributed by atoms with Gasteiger partial charge in [-0.15, -0.1) is 11.8 Å². The minimum absolute atomic E-state index is 0.249. The minimum atomic E-state index is -0.345. The van der Waals surface area contributed by atoms with E-state index in [1.54, 1.807) is 32.2 Å². The molecule has 8 heteroatoms. The Bertz CT molecular complexity index is 829. The quantitative estimate of drug-likeness (QED) is 0.627. The van der Waals surface area contributed by atoms with Gasteiger partial charge >= 0.3 is 6.03 Å². The van der Waals surface area contributed by atoms with Gasteiger partial charge in [0.2, 0.25) is 5.91 Å².